The quantitative estimate of drug-likeness (QED) is 0.490. The van der Waals surface area contributed by atoms with E-state index in [4.69, 9.17) is 9.47 Å². The second kappa shape index (κ2) is 9.01. The molecule has 0 aromatic heterocycles. The first kappa shape index (κ1) is 22.7. The van der Waals surface area contributed by atoms with E-state index in [0.717, 1.165) is 38.4 Å². The predicted molar refractivity (Wildman–Crippen MR) is 134 cm³/mol. The highest BCUT2D eigenvalue weighted by molar-refractivity contribution is 5.49. The van der Waals surface area contributed by atoms with Gasteiger partial charge in [-0.15, -0.1) is 0 Å². The van der Waals surface area contributed by atoms with Crippen LogP contribution in [0.2, 0.25) is 0 Å². The minimum Gasteiger partial charge on any atom is -0.384 e. The Morgan fingerprint density at radius 3 is 2.56 bits per heavy atom. The first-order valence-corrected chi connectivity index (χ1v) is 13.5. The summed E-state index contributed by atoms with van der Waals surface area (Å²) < 4.78 is 12.3. The summed E-state index contributed by atoms with van der Waals surface area (Å²) in [7, 11) is 4.22. The summed E-state index contributed by atoms with van der Waals surface area (Å²) in [5.74, 6) is 9.82. The highest BCUT2D eigenvalue weighted by Gasteiger charge is 2.52. The SMILES string of the molecule is CN(C)c1ccc(C2CC3C(CC[C@@H]3C#CCO)C3CCC4CC5(CCC4=C23)OCCO5)cc1. The van der Waals surface area contributed by atoms with Gasteiger partial charge in [-0.3, -0.25) is 0 Å². The van der Waals surface area contributed by atoms with Crippen LogP contribution in [0.4, 0.5) is 5.69 Å². The molecule has 0 bridgehead atoms. The van der Waals surface area contributed by atoms with Crippen molar-refractivity contribution < 1.29 is 14.6 Å². The van der Waals surface area contributed by atoms with E-state index in [1.165, 1.54) is 43.4 Å². The van der Waals surface area contributed by atoms with Gasteiger partial charge in [0.25, 0.3) is 0 Å². The first-order chi connectivity index (χ1) is 16.6. The smallest absolute Gasteiger partial charge is 0.169 e. The van der Waals surface area contributed by atoms with E-state index in [2.05, 4.69) is 55.1 Å². The van der Waals surface area contributed by atoms with Crippen LogP contribution in [0.3, 0.4) is 0 Å². The Hall–Kier alpha value is -1.80. The van der Waals surface area contributed by atoms with Crippen molar-refractivity contribution in [3.05, 3.63) is 41.0 Å². The number of ether oxygens (including phenoxy) is 2. The molecule has 0 radical (unpaired) electrons. The third-order valence-corrected chi connectivity index (χ3v) is 9.69. The lowest BCUT2D eigenvalue weighted by Crippen LogP contribution is -2.43. The van der Waals surface area contributed by atoms with E-state index in [-0.39, 0.29) is 12.4 Å². The van der Waals surface area contributed by atoms with Gasteiger partial charge in [-0.05, 0) is 79.9 Å². The number of benzene rings is 1. The molecule has 34 heavy (non-hydrogen) atoms. The van der Waals surface area contributed by atoms with E-state index < -0.39 is 0 Å². The van der Waals surface area contributed by atoms with Gasteiger partial charge in [0.15, 0.2) is 5.79 Å². The zero-order valence-electron chi connectivity index (χ0n) is 20.8. The summed E-state index contributed by atoms with van der Waals surface area (Å²) in [5, 5.41) is 9.32. The molecule has 0 amide bonds. The fourth-order valence-corrected chi connectivity index (χ4v) is 8.26. The van der Waals surface area contributed by atoms with Crippen LogP contribution in [0.1, 0.15) is 62.8 Å². The van der Waals surface area contributed by atoms with Gasteiger partial charge < -0.3 is 19.5 Å². The highest BCUT2D eigenvalue weighted by Crippen LogP contribution is 2.61. The summed E-state index contributed by atoms with van der Waals surface area (Å²) in [6.07, 6.45) is 9.47. The van der Waals surface area contributed by atoms with Gasteiger partial charge in [-0.1, -0.05) is 35.1 Å². The van der Waals surface area contributed by atoms with Crippen molar-refractivity contribution in [1.82, 2.24) is 0 Å². The van der Waals surface area contributed by atoms with Crippen LogP contribution in [0.25, 0.3) is 0 Å². The Kier molecular flexibility index (Phi) is 6.00. The Morgan fingerprint density at radius 2 is 1.82 bits per heavy atom. The van der Waals surface area contributed by atoms with E-state index in [9.17, 15) is 5.11 Å². The maximum Gasteiger partial charge on any atom is 0.169 e. The summed E-state index contributed by atoms with van der Waals surface area (Å²) in [6.45, 7) is 1.49. The Morgan fingerprint density at radius 1 is 1.03 bits per heavy atom. The molecule has 1 aliphatic heterocycles. The van der Waals surface area contributed by atoms with Crippen molar-refractivity contribution >= 4 is 5.69 Å². The third kappa shape index (κ3) is 3.81. The molecule has 5 aliphatic rings. The second-order valence-corrected chi connectivity index (χ2v) is 11.4. The van der Waals surface area contributed by atoms with Crippen molar-refractivity contribution in [3.63, 3.8) is 0 Å². The standard InChI is InChI=1S/C30H39NO3/c1-31(2)23-9-5-21(6-10-23)28-18-27-20(4-3-15-32)7-11-25(27)26-12-8-22-19-30(33-16-17-34-30)14-13-24(22)29(26)28/h5-6,9-10,20,22,25-28,32H,7-8,11-19H2,1-2H3/t20-,22?,25?,26?,27?,28?/m0/s1. The van der Waals surface area contributed by atoms with Gasteiger partial charge in [0.2, 0.25) is 0 Å². The molecule has 3 saturated carbocycles. The van der Waals surface area contributed by atoms with E-state index >= 15 is 0 Å². The summed E-state index contributed by atoms with van der Waals surface area (Å²) >= 11 is 0. The van der Waals surface area contributed by atoms with Crippen molar-refractivity contribution in [2.24, 2.45) is 29.6 Å². The van der Waals surface area contributed by atoms with Crippen LogP contribution in [0.15, 0.2) is 35.4 Å². The molecule has 4 fully saturated rings. The molecule has 4 nitrogen and oxygen atoms in total. The maximum absolute atomic E-state index is 9.32. The topological polar surface area (TPSA) is 41.9 Å². The number of fused-ring (bicyclic) bond motifs is 4. The van der Waals surface area contributed by atoms with Gasteiger partial charge in [0, 0.05) is 44.5 Å². The number of rotatable bonds is 2. The maximum atomic E-state index is 9.32. The third-order valence-electron chi connectivity index (χ3n) is 9.69. The fourth-order valence-electron chi connectivity index (χ4n) is 8.26. The molecule has 6 rings (SSSR count). The van der Waals surface area contributed by atoms with Crippen molar-refractivity contribution in [1.29, 1.82) is 0 Å². The molecule has 182 valence electrons. The normalized spacial score (nSPS) is 35.9. The van der Waals surface area contributed by atoms with Gasteiger partial charge >= 0.3 is 0 Å². The molecule has 4 aliphatic carbocycles. The van der Waals surface area contributed by atoms with Crippen molar-refractivity contribution in [3.8, 4) is 11.8 Å². The molecule has 1 aromatic rings. The monoisotopic (exact) mass is 461 g/mol. The number of allylic oxidation sites excluding steroid dienone is 2. The van der Waals surface area contributed by atoms with Crippen LogP contribution >= 0.6 is 0 Å². The Balaban J connectivity index is 1.38. The molecule has 4 heteroatoms. The fraction of sp³-hybridized carbons (Fsp3) is 0.667. The van der Waals surface area contributed by atoms with Crippen molar-refractivity contribution in [2.45, 2.75) is 63.1 Å². The van der Waals surface area contributed by atoms with Crippen molar-refractivity contribution in [2.75, 3.05) is 38.8 Å². The van der Waals surface area contributed by atoms with Gasteiger partial charge in [-0.2, -0.15) is 0 Å². The zero-order valence-corrected chi connectivity index (χ0v) is 20.8. The molecule has 1 N–H and O–H groups in total. The number of hydrogen-bond donors (Lipinski definition) is 1. The molecule has 1 heterocycles. The number of hydrogen-bond acceptors (Lipinski definition) is 4. The second-order valence-electron chi connectivity index (χ2n) is 11.4. The predicted octanol–water partition coefficient (Wildman–Crippen LogP) is 5.13. The van der Waals surface area contributed by atoms with Gasteiger partial charge in [-0.25, -0.2) is 0 Å². The molecular weight excluding hydrogens is 422 g/mol. The minimum absolute atomic E-state index is 0.0182. The van der Waals surface area contributed by atoms with E-state index in [1.807, 2.05) is 0 Å². The highest BCUT2D eigenvalue weighted by atomic mass is 16.7. The zero-order chi connectivity index (χ0) is 23.3. The number of aliphatic hydroxyl groups excluding tert-OH is 1. The van der Waals surface area contributed by atoms with Gasteiger partial charge in [0.05, 0.1) is 13.2 Å². The molecule has 1 spiro atoms. The summed E-state index contributed by atoms with van der Waals surface area (Å²) in [4.78, 5) is 2.18. The average molecular weight is 462 g/mol. The first-order valence-electron chi connectivity index (χ1n) is 13.5. The Labute approximate surface area is 204 Å². The summed E-state index contributed by atoms with van der Waals surface area (Å²) in [5.41, 5.74) is 6.28. The lowest BCUT2D eigenvalue weighted by Gasteiger charge is -2.50. The van der Waals surface area contributed by atoms with Gasteiger partial charge in [0.1, 0.15) is 6.61 Å². The lowest BCUT2D eigenvalue weighted by atomic mass is 9.56. The van der Waals surface area contributed by atoms with Crippen LogP contribution in [-0.2, 0) is 9.47 Å². The number of anilines is 1. The molecular formula is C30H39NO3. The largest absolute Gasteiger partial charge is 0.384 e. The van der Waals surface area contributed by atoms with Crippen LogP contribution < -0.4 is 4.90 Å². The molecule has 1 aromatic carbocycles. The van der Waals surface area contributed by atoms with E-state index in [1.54, 1.807) is 11.1 Å². The van der Waals surface area contributed by atoms with E-state index in [0.29, 0.717) is 29.6 Å². The van der Waals surface area contributed by atoms with Crippen LogP contribution in [0.5, 0.6) is 0 Å². The van der Waals surface area contributed by atoms with Crippen LogP contribution in [-0.4, -0.2) is 44.8 Å². The minimum atomic E-state index is -0.306. The van der Waals surface area contributed by atoms with Crippen LogP contribution in [0, 0.1) is 41.4 Å². The lowest BCUT2D eigenvalue weighted by molar-refractivity contribution is -0.181. The average Bonchev–Trinajstić information content (AvgIpc) is 3.48. The number of nitrogens with zero attached hydrogens (tertiary/aromatic N) is 1. The molecule has 5 unspecified atom stereocenters. The molecule has 6 atom stereocenters. The summed E-state index contributed by atoms with van der Waals surface area (Å²) in [6, 6.07) is 9.34. The Bertz CT molecular complexity index is 994. The molecule has 1 saturated heterocycles. The number of aliphatic hydroxyl groups is 1.